The van der Waals surface area contributed by atoms with Crippen molar-refractivity contribution >= 4 is 44.6 Å². The third kappa shape index (κ3) is 5.72. The van der Waals surface area contributed by atoms with Crippen LogP contribution in [0.25, 0.3) is 22.3 Å². The van der Waals surface area contributed by atoms with Gasteiger partial charge in [-0.1, -0.05) is 66.2 Å². The highest BCUT2D eigenvalue weighted by Crippen LogP contribution is 2.42. The zero-order chi connectivity index (χ0) is 27.4. The predicted molar refractivity (Wildman–Crippen MR) is 155 cm³/mol. The summed E-state index contributed by atoms with van der Waals surface area (Å²) in [5, 5.41) is 5.23. The van der Waals surface area contributed by atoms with Gasteiger partial charge < -0.3 is 9.47 Å². The van der Waals surface area contributed by atoms with E-state index in [2.05, 4.69) is 21.0 Å². The van der Waals surface area contributed by atoms with Gasteiger partial charge in [0.15, 0.2) is 17.3 Å². The number of halogens is 3. The Balaban J connectivity index is 1.57. The van der Waals surface area contributed by atoms with Crippen molar-refractivity contribution in [1.29, 1.82) is 0 Å². The fraction of sp³-hybridized carbons (Fsp3) is 0.100. The number of hydrogen-bond donors (Lipinski definition) is 0. The molecule has 0 bridgehead atoms. The maximum Gasteiger partial charge on any atom is 0.282 e. The minimum atomic E-state index is -0.353. The van der Waals surface area contributed by atoms with Crippen LogP contribution in [0.4, 0.5) is 4.39 Å². The van der Waals surface area contributed by atoms with Gasteiger partial charge in [-0.2, -0.15) is 9.78 Å². The molecule has 0 aliphatic heterocycles. The summed E-state index contributed by atoms with van der Waals surface area (Å²) in [5.74, 6) is 0.739. The lowest BCUT2D eigenvalue weighted by atomic mass is 10.2. The molecule has 196 valence electrons. The van der Waals surface area contributed by atoms with Gasteiger partial charge in [0.2, 0.25) is 0 Å². The van der Waals surface area contributed by atoms with Gasteiger partial charge in [0, 0.05) is 15.6 Å². The Hall–Kier alpha value is -4.01. The summed E-state index contributed by atoms with van der Waals surface area (Å²) >= 11 is 10.2. The van der Waals surface area contributed by atoms with Crippen LogP contribution in [0.2, 0.25) is 5.02 Å². The summed E-state index contributed by atoms with van der Waals surface area (Å²) in [5.41, 5.74) is 2.21. The molecule has 0 N–H and O–H groups in total. The molecule has 1 aromatic heterocycles. The average molecular weight is 607 g/mol. The summed E-state index contributed by atoms with van der Waals surface area (Å²) in [4.78, 5) is 18.2. The van der Waals surface area contributed by atoms with Crippen LogP contribution in [0, 0.1) is 5.82 Å². The second kappa shape index (κ2) is 11.8. The first kappa shape index (κ1) is 26.6. The van der Waals surface area contributed by atoms with Crippen molar-refractivity contribution in [3.63, 3.8) is 0 Å². The fourth-order valence-electron chi connectivity index (χ4n) is 4.00. The van der Waals surface area contributed by atoms with E-state index in [1.54, 1.807) is 36.4 Å². The second-order valence-electron chi connectivity index (χ2n) is 8.45. The predicted octanol–water partition coefficient (Wildman–Crippen LogP) is 7.48. The fourth-order valence-corrected chi connectivity index (χ4v) is 4.66. The van der Waals surface area contributed by atoms with Crippen molar-refractivity contribution in [3.8, 4) is 22.9 Å². The number of fused-ring (bicyclic) bond motifs is 1. The minimum Gasteiger partial charge on any atom is -0.490 e. The number of ether oxygens (including phenoxy) is 2. The molecule has 0 aliphatic carbocycles. The van der Waals surface area contributed by atoms with E-state index in [9.17, 15) is 9.18 Å². The molecule has 0 saturated heterocycles. The summed E-state index contributed by atoms with van der Waals surface area (Å²) in [6, 6.07) is 24.4. The summed E-state index contributed by atoms with van der Waals surface area (Å²) in [7, 11) is 0. The minimum absolute atomic E-state index is 0.0933. The van der Waals surface area contributed by atoms with Gasteiger partial charge in [0.05, 0.1) is 23.7 Å². The highest BCUT2D eigenvalue weighted by atomic mass is 79.9. The van der Waals surface area contributed by atoms with E-state index in [4.69, 9.17) is 26.1 Å². The Morgan fingerprint density at radius 3 is 2.56 bits per heavy atom. The van der Waals surface area contributed by atoms with Crippen LogP contribution >= 0.6 is 27.5 Å². The smallest absolute Gasteiger partial charge is 0.282 e. The Morgan fingerprint density at radius 2 is 1.79 bits per heavy atom. The monoisotopic (exact) mass is 605 g/mol. The van der Waals surface area contributed by atoms with Gasteiger partial charge in [-0.15, -0.1) is 0 Å². The van der Waals surface area contributed by atoms with Crippen molar-refractivity contribution in [1.82, 2.24) is 9.66 Å². The highest BCUT2D eigenvalue weighted by molar-refractivity contribution is 9.10. The van der Waals surface area contributed by atoms with E-state index in [1.807, 2.05) is 43.3 Å². The van der Waals surface area contributed by atoms with Gasteiger partial charge in [0.1, 0.15) is 17.4 Å². The highest BCUT2D eigenvalue weighted by Gasteiger charge is 2.18. The maximum atomic E-state index is 13.6. The Bertz CT molecular complexity index is 1740. The molecular formula is C30H22BrClFN3O3. The van der Waals surface area contributed by atoms with E-state index in [0.717, 1.165) is 5.56 Å². The van der Waals surface area contributed by atoms with Gasteiger partial charge in [-0.3, -0.25) is 4.79 Å². The number of benzene rings is 4. The SMILES string of the molecule is CCOc1cc(C=Nn2c(-c3ccccc3)nc3ccccc3c2=O)c(Br)c(Cl)c1OCc1cccc(F)c1. The first-order valence-corrected chi connectivity index (χ1v) is 13.3. The zero-order valence-electron chi connectivity index (χ0n) is 20.8. The van der Waals surface area contributed by atoms with Gasteiger partial charge in [-0.05, 0) is 58.7 Å². The van der Waals surface area contributed by atoms with Crippen LogP contribution in [0.1, 0.15) is 18.1 Å². The summed E-state index contributed by atoms with van der Waals surface area (Å²) in [6.45, 7) is 2.29. The molecule has 4 aromatic carbocycles. The quantitative estimate of drug-likeness (QED) is 0.172. The molecule has 0 unspecified atom stereocenters. The lowest BCUT2D eigenvalue weighted by molar-refractivity contribution is 0.269. The molecule has 5 rings (SSSR count). The lowest BCUT2D eigenvalue weighted by Gasteiger charge is -2.16. The molecule has 1 heterocycles. The lowest BCUT2D eigenvalue weighted by Crippen LogP contribution is -2.20. The molecule has 0 aliphatic rings. The number of aromatic nitrogens is 2. The van der Waals surface area contributed by atoms with Crippen LogP contribution in [0.3, 0.4) is 0 Å². The molecule has 5 aromatic rings. The molecule has 0 atom stereocenters. The molecular weight excluding hydrogens is 585 g/mol. The largest absolute Gasteiger partial charge is 0.490 e. The number of hydrogen-bond acceptors (Lipinski definition) is 5. The van der Waals surface area contributed by atoms with Crippen LogP contribution in [-0.4, -0.2) is 22.5 Å². The van der Waals surface area contributed by atoms with Gasteiger partial charge in [0.25, 0.3) is 5.56 Å². The number of nitrogens with zero attached hydrogens (tertiary/aromatic N) is 3. The van der Waals surface area contributed by atoms with Gasteiger partial charge in [-0.25, -0.2) is 9.37 Å². The normalized spacial score (nSPS) is 11.3. The summed E-state index contributed by atoms with van der Waals surface area (Å²) < 4.78 is 27.1. The second-order valence-corrected chi connectivity index (χ2v) is 9.62. The molecule has 0 spiro atoms. The van der Waals surface area contributed by atoms with Crippen molar-refractivity contribution in [2.24, 2.45) is 5.10 Å². The van der Waals surface area contributed by atoms with Crippen molar-refractivity contribution in [3.05, 3.63) is 122 Å². The molecule has 6 nitrogen and oxygen atoms in total. The number of rotatable bonds is 8. The van der Waals surface area contributed by atoms with E-state index in [0.29, 0.717) is 50.4 Å². The molecule has 0 radical (unpaired) electrons. The third-order valence-electron chi connectivity index (χ3n) is 5.83. The molecule has 0 fully saturated rings. The molecule has 0 amide bonds. The molecule has 0 saturated carbocycles. The topological polar surface area (TPSA) is 65.7 Å². The van der Waals surface area contributed by atoms with Crippen LogP contribution < -0.4 is 15.0 Å². The Labute approximate surface area is 237 Å². The first-order valence-electron chi connectivity index (χ1n) is 12.1. The van der Waals surface area contributed by atoms with Gasteiger partial charge >= 0.3 is 0 Å². The molecule has 39 heavy (non-hydrogen) atoms. The van der Waals surface area contributed by atoms with Crippen molar-refractivity contribution < 1.29 is 13.9 Å². The number of para-hydroxylation sites is 1. The van der Waals surface area contributed by atoms with Crippen LogP contribution in [-0.2, 0) is 6.61 Å². The first-order chi connectivity index (χ1) is 19.0. The van der Waals surface area contributed by atoms with Crippen molar-refractivity contribution in [2.75, 3.05) is 6.61 Å². The van der Waals surface area contributed by atoms with E-state index in [1.165, 1.54) is 23.0 Å². The third-order valence-corrected chi connectivity index (χ3v) is 7.27. The van der Waals surface area contributed by atoms with Crippen LogP contribution in [0.5, 0.6) is 11.5 Å². The van der Waals surface area contributed by atoms with Crippen LogP contribution in [0.15, 0.2) is 99.3 Å². The Morgan fingerprint density at radius 1 is 1.03 bits per heavy atom. The van der Waals surface area contributed by atoms with E-state index < -0.39 is 0 Å². The van der Waals surface area contributed by atoms with Crippen molar-refractivity contribution in [2.45, 2.75) is 13.5 Å². The van der Waals surface area contributed by atoms with E-state index in [-0.39, 0.29) is 23.0 Å². The molecule has 9 heteroatoms. The summed E-state index contributed by atoms with van der Waals surface area (Å²) in [6.07, 6.45) is 1.51. The van der Waals surface area contributed by atoms with E-state index >= 15 is 0 Å². The maximum absolute atomic E-state index is 13.6. The standard InChI is InChI=1S/C30H22BrClFN3O3/c1-2-38-25-16-21(26(31)27(32)28(25)39-18-19-9-8-12-22(33)15-19)17-34-36-29(20-10-4-3-5-11-20)35-24-14-7-6-13-23(24)30(36)37/h3-17H,2,18H2,1H3. The average Bonchev–Trinajstić information content (AvgIpc) is 2.95. The Kier molecular flexibility index (Phi) is 8.05. The zero-order valence-corrected chi connectivity index (χ0v) is 23.1.